The van der Waals surface area contributed by atoms with Crippen molar-refractivity contribution in [3.63, 3.8) is 0 Å². The number of nitrogens with one attached hydrogen (secondary N) is 2. The van der Waals surface area contributed by atoms with Crippen molar-refractivity contribution in [1.82, 2.24) is 30.8 Å². The molecule has 0 spiro atoms. The third-order valence-electron chi connectivity index (χ3n) is 3.92. The number of tetrazole rings is 1. The van der Waals surface area contributed by atoms with E-state index in [4.69, 9.17) is 4.74 Å². The van der Waals surface area contributed by atoms with E-state index in [1.807, 2.05) is 0 Å². The zero-order chi connectivity index (χ0) is 11.4. The van der Waals surface area contributed by atoms with Gasteiger partial charge >= 0.3 is 0 Å². The Balaban J connectivity index is 1.68. The molecule has 17 heavy (non-hydrogen) atoms. The topological polar surface area (TPSA) is 92.4 Å². The normalized spacial score (nSPS) is 29.1. The van der Waals surface area contributed by atoms with Gasteiger partial charge < -0.3 is 4.74 Å². The summed E-state index contributed by atoms with van der Waals surface area (Å²) < 4.78 is 5.22. The molecule has 1 fully saturated rings. The molecule has 7 nitrogen and oxygen atoms in total. The van der Waals surface area contributed by atoms with Crippen molar-refractivity contribution in [2.24, 2.45) is 11.8 Å². The van der Waals surface area contributed by atoms with Gasteiger partial charge in [-0.15, -0.1) is 10.2 Å². The van der Waals surface area contributed by atoms with Gasteiger partial charge in [0, 0.05) is 30.9 Å². The number of rotatable bonds is 3. The van der Waals surface area contributed by atoms with E-state index in [9.17, 15) is 0 Å². The number of hydrogen-bond donors (Lipinski definition) is 2. The van der Waals surface area contributed by atoms with Crippen LogP contribution in [-0.2, 0) is 11.2 Å². The fourth-order valence-electron chi connectivity index (χ4n) is 3.11. The van der Waals surface area contributed by atoms with E-state index < -0.39 is 0 Å². The summed E-state index contributed by atoms with van der Waals surface area (Å²) in [6, 6.07) is 0. The molecule has 2 heterocycles. The molecule has 0 radical (unpaired) electrons. The fourth-order valence-corrected chi connectivity index (χ4v) is 3.11. The lowest BCUT2D eigenvalue weighted by atomic mass is 10.1. The molecule has 1 saturated carbocycles. The van der Waals surface area contributed by atoms with Gasteiger partial charge in [-0.25, -0.2) is 0 Å². The van der Waals surface area contributed by atoms with Crippen LogP contribution in [-0.4, -0.2) is 44.5 Å². The van der Waals surface area contributed by atoms with Crippen molar-refractivity contribution in [3.8, 4) is 11.5 Å². The molecule has 7 heteroatoms. The summed E-state index contributed by atoms with van der Waals surface area (Å²) >= 11 is 0. The molecule has 0 bridgehead atoms. The number of aromatic nitrogens is 6. The first-order chi connectivity index (χ1) is 8.40. The van der Waals surface area contributed by atoms with Gasteiger partial charge in [-0.2, -0.15) is 10.3 Å². The summed E-state index contributed by atoms with van der Waals surface area (Å²) in [5.74, 6) is 2.54. The molecule has 2 aliphatic carbocycles. The first kappa shape index (κ1) is 9.29. The maximum atomic E-state index is 5.22. The minimum atomic E-state index is 0.576. The van der Waals surface area contributed by atoms with E-state index in [0.717, 1.165) is 18.7 Å². The summed E-state index contributed by atoms with van der Waals surface area (Å²) in [5, 5.41) is 21.4. The average Bonchev–Trinajstić information content (AvgIpc) is 2.82. The number of aromatic amines is 2. The fraction of sp³-hybridized carbons (Fsp3) is 0.600. The lowest BCUT2D eigenvalue weighted by Gasteiger charge is -2.02. The molecule has 4 rings (SSSR count). The molecule has 0 aliphatic heterocycles. The highest BCUT2D eigenvalue weighted by Crippen LogP contribution is 2.61. The van der Waals surface area contributed by atoms with Crippen molar-refractivity contribution >= 4 is 0 Å². The molecule has 3 atom stereocenters. The molecule has 0 aromatic carbocycles. The van der Waals surface area contributed by atoms with Crippen molar-refractivity contribution < 1.29 is 4.74 Å². The van der Waals surface area contributed by atoms with Gasteiger partial charge in [0.15, 0.2) is 0 Å². The van der Waals surface area contributed by atoms with Gasteiger partial charge in [-0.1, -0.05) is 0 Å². The van der Waals surface area contributed by atoms with Crippen LogP contribution in [0.1, 0.15) is 17.2 Å². The van der Waals surface area contributed by atoms with Gasteiger partial charge in [0.25, 0.3) is 0 Å². The average molecular weight is 232 g/mol. The Bertz CT molecular complexity index is 547. The van der Waals surface area contributed by atoms with E-state index in [2.05, 4.69) is 30.8 Å². The lowest BCUT2D eigenvalue weighted by Crippen LogP contribution is -2.00. The van der Waals surface area contributed by atoms with Gasteiger partial charge in [0.2, 0.25) is 5.82 Å². The molecule has 2 aliphatic rings. The maximum Gasteiger partial charge on any atom is 0.225 e. The van der Waals surface area contributed by atoms with Crippen LogP contribution < -0.4 is 0 Å². The van der Waals surface area contributed by atoms with Crippen molar-refractivity contribution in [2.45, 2.75) is 12.3 Å². The van der Waals surface area contributed by atoms with Crippen molar-refractivity contribution in [2.75, 3.05) is 13.7 Å². The summed E-state index contributed by atoms with van der Waals surface area (Å²) in [6.07, 6.45) is 1.05. The second kappa shape index (κ2) is 3.13. The molecule has 2 aromatic rings. The molecular weight excluding hydrogens is 220 g/mol. The number of methoxy groups -OCH3 is 1. The van der Waals surface area contributed by atoms with Crippen LogP contribution in [0.4, 0.5) is 0 Å². The van der Waals surface area contributed by atoms with Crippen LogP contribution in [0.5, 0.6) is 0 Å². The van der Waals surface area contributed by atoms with Crippen molar-refractivity contribution in [3.05, 3.63) is 11.3 Å². The monoisotopic (exact) mass is 232 g/mol. The highest BCUT2D eigenvalue weighted by molar-refractivity contribution is 5.59. The Morgan fingerprint density at radius 2 is 2.35 bits per heavy atom. The minimum absolute atomic E-state index is 0.576. The molecule has 0 saturated heterocycles. The Kier molecular flexibility index (Phi) is 1.71. The van der Waals surface area contributed by atoms with E-state index in [1.54, 1.807) is 7.11 Å². The molecular formula is C10H12N6O. The van der Waals surface area contributed by atoms with Gasteiger partial charge in [-0.05, 0) is 23.5 Å². The highest BCUT2D eigenvalue weighted by atomic mass is 16.5. The quantitative estimate of drug-likeness (QED) is 0.784. The molecule has 0 unspecified atom stereocenters. The van der Waals surface area contributed by atoms with Gasteiger partial charge in [0.1, 0.15) is 5.69 Å². The minimum Gasteiger partial charge on any atom is -0.384 e. The molecule has 88 valence electrons. The number of fused-ring (bicyclic) bond motifs is 3. The SMILES string of the molecule is COC[C@@H]1[C@@H]2Cc3c(-c4nn[nH]n4)n[nH]c3[C@H]12. The molecule has 2 aromatic heterocycles. The summed E-state index contributed by atoms with van der Waals surface area (Å²) in [6.45, 7) is 0.839. The summed E-state index contributed by atoms with van der Waals surface area (Å²) in [5.41, 5.74) is 3.35. The Morgan fingerprint density at radius 1 is 1.41 bits per heavy atom. The van der Waals surface area contributed by atoms with E-state index in [0.29, 0.717) is 23.6 Å². The second-order valence-electron chi connectivity index (χ2n) is 4.71. The summed E-state index contributed by atoms with van der Waals surface area (Å²) in [7, 11) is 1.76. The van der Waals surface area contributed by atoms with Crippen LogP contribution in [0.15, 0.2) is 0 Å². The van der Waals surface area contributed by atoms with Crippen LogP contribution >= 0.6 is 0 Å². The summed E-state index contributed by atoms with van der Waals surface area (Å²) in [4.78, 5) is 0. The second-order valence-corrected chi connectivity index (χ2v) is 4.71. The maximum absolute atomic E-state index is 5.22. The third kappa shape index (κ3) is 1.14. The van der Waals surface area contributed by atoms with Crippen LogP contribution in [0, 0.1) is 11.8 Å². The van der Waals surface area contributed by atoms with E-state index in [1.165, 1.54) is 11.3 Å². The standard InChI is InChI=1S/C10H12N6O/c1-17-3-6-4-2-5-8(7(4)6)11-12-9(5)10-13-15-16-14-10/h4,6-7H,2-3H2,1H3,(H,11,12)(H,13,14,15,16)/t4-,6+,7-/m0/s1. The Labute approximate surface area is 97.0 Å². The van der Waals surface area contributed by atoms with E-state index >= 15 is 0 Å². The zero-order valence-electron chi connectivity index (χ0n) is 9.34. The van der Waals surface area contributed by atoms with Gasteiger partial charge in [-0.3, -0.25) is 5.10 Å². The number of ether oxygens (including phenoxy) is 1. The molecule has 0 amide bonds. The Morgan fingerprint density at radius 3 is 3.12 bits per heavy atom. The third-order valence-corrected chi connectivity index (χ3v) is 3.92. The predicted molar refractivity (Wildman–Crippen MR) is 57.1 cm³/mol. The highest BCUT2D eigenvalue weighted by Gasteiger charge is 2.57. The smallest absolute Gasteiger partial charge is 0.225 e. The van der Waals surface area contributed by atoms with Crippen LogP contribution in [0.2, 0.25) is 0 Å². The first-order valence-electron chi connectivity index (χ1n) is 5.70. The predicted octanol–water partition coefficient (Wildman–Crippen LogP) is 0.122. The first-order valence-corrected chi connectivity index (χ1v) is 5.70. The number of nitrogens with zero attached hydrogens (tertiary/aromatic N) is 4. The van der Waals surface area contributed by atoms with E-state index in [-0.39, 0.29) is 0 Å². The van der Waals surface area contributed by atoms with Crippen molar-refractivity contribution in [1.29, 1.82) is 0 Å². The largest absolute Gasteiger partial charge is 0.384 e. The zero-order valence-corrected chi connectivity index (χ0v) is 9.34. The molecule has 2 N–H and O–H groups in total. The Hall–Kier alpha value is -1.76. The van der Waals surface area contributed by atoms with Crippen LogP contribution in [0.25, 0.3) is 11.5 Å². The van der Waals surface area contributed by atoms with Gasteiger partial charge in [0.05, 0.1) is 0 Å². The number of H-pyrrole nitrogens is 2. The number of hydrogen-bond acceptors (Lipinski definition) is 5. The van der Waals surface area contributed by atoms with Crippen LogP contribution in [0.3, 0.4) is 0 Å². The lowest BCUT2D eigenvalue weighted by molar-refractivity contribution is 0.179.